The number of nitrogens with zero attached hydrogens (tertiary/aromatic N) is 4. The third kappa shape index (κ3) is 5.18. The Labute approximate surface area is 149 Å². The van der Waals surface area contributed by atoms with Crippen molar-refractivity contribution in [1.29, 1.82) is 0 Å². The van der Waals surface area contributed by atoms with Gasteiger partial charge in [0, 0.05) is 6.54 Å². The highest BCUT2D eigenvalue weighted by Crippen LogP contribution is 2.26. The number of carbonyl (C=O) groups is 2. The summed E-state index contributed by atoms with van der Waals surface area (Å²) in [4.78, 5) is 23.2. The minimum absolute atomic E-state index is 0.0517. The molecule has 0 saturated heterocycles. The third-order valence-corrected chi connectivity index (χ3v) is 4.08. The lowest BCUT2D eigenvalue weighted by molar-refractivity contribution is -0.124. The molecule has 134 valence electrons. The van der Waals surface area contributed by atoms with E-state index in [1.807, 2.05) is 32.0 Å². The van der Waals surface area contributed by atoms with Crippen LogP contribution in [0.15, 0.2) is 23.4 Å². The normalized spacial score (nSPS) is 10.4. The molecule has 0 aliphatic heterocycles. The van der Waals surface area contributed by atoms with Crippen molar-refractivity contribution in [1.82, 2.24) is 30.8 Å². The zero-order chi connectivity index (χ0) is 18.2. The van der Waals surface area contributed by atoms with Crippen molar-refractivity contribution < 1.29 is 14.3 Å². The van der Waals surface area contributed by atoms with Crippen LogP contribution in [0.2, 0.25) is 0 Å². The summed E-state index contributed by atoms with van der Waals surface area (Å²) < 4.78 is 6.86. The van der Waals surface area contributed by atoms with Gasteiger partial charge in [-0.3, -0.25) is 9.59 Å². The summed E-state index contributed by atoms with van der Waals surface area (Å²) in [5.74, 6) is 0.214. The minimum Gasteiger partial charge on any atom is -0.494 e. The van der Waals surface area contributed by atoms with E-state index in [1.54, 1.807) is 7.11 Å². The molecule has 0 unspecified atom stereocenters. The van der Waals surface area contributed by atoms with Crippen LogP contribution in [0.4, 0.5) is 0 Å². The summed E-state index contributed by atoms with van der Waals surface area (Å²) >= 11 is 1.17. The van der Waals surface area contributed by atoms with E-state index >= 15 is 0 Å². The zero-order valence-corrected chi connectivity index (χ0v) is 15.1. The highest BCUT2D eigenvalue weighted by Gasteiger charge is 2.15. The van der Waals surface area contributed by atoms with Gasteiger partial charge in [-0.05, 0) is 42.0 Å². The molecule has 10 heteroatoms. The highest BCUT2D eigenvalue weighted by atomic mass is 32.2. The van der Waals surface area contributed by atoms with E-state index in [2.05, 4.69) is 26.2 Å². The quantitative estimate of drug-likeness (QED) is 0.649. The molecule has 2 aromatic rings. The van der Waals surface area contributed by atoms with Gasteiger partial charge in [0.2, 0.25) is 17.0 Å². The summed E-state index contributed by atoms with van der Waals surface area (Å²) in [5.41, 5.74) is 1.72. The van der Waals surface area contributed by atoms with Crippen LogP contribution in [0.5, 0.6) is 5.75 Å². The number of hydrogen-bond donors (Lipinski definition) is 2. The Bertz CT molecular complexity index is 749. The summed E-state index contributed by atoms with van der Waals surface area (Å²) in [6.45, 7) is 4.24. The number of nitrogens with one attached hydrogen (secondary N) is 2. The molecule has 0 spiro atoms. The van der Waals surface area contributed by atoms with Gasteiger partial charge in [0.15, 0.2) is 0 Å². The molecular weight excluding hydrogens is 344 g/mol. The number of hydrogen-bond acceptors (Lipinski definition) is 7. The first-order chi connectivity index (χ1) is 12.0. The Morgan fingerprint density at radius 2 is 2.08 bits per heavy atom. The lowest BCUT2D eigenvalue weighted by atomic mass is 10.2. The molecule has 0 aliphatic rings. The number of likely N-dealkylation sites (N-methyl/N-ethyl adjacent to an activating group) is 1. The zero-order valence-electron chi connectivity index (χ0n) is 14.3. The molecule has 0 fully saturated rings. The van der Waals surface area contributed by atoms with E-state index in [1.165, 1.54) is 16.4 Å². The van der Waals surface area contributed by atoms with Crippen molar-refractivity contribution >= 4 is 23.6 Å². The maximum atomic E-state index is 11.9. The van der Waals surface area contributed by atoms with Gasteiger partial charge in [0.1, 0.15) is 11.4 Å². The molecule has 0 bridgehead atoms. The molecular formula is C15H20N6O3S. The summed E-state index contributed by atoms with van der Waals surface area (Å²) in [6.07, 6.45) is 0. The van der Waals surface area contributed by atoms with Gasteiger partial charge in [0.25, 0.3) is 0 Å². The number of ether oxygens (including phenoxy) is 1. The smallest absolute Gasteiger partial charge is 0.239 e. The van der Waals surface area contributed by atoms with Crippen LogP contribution in [-0.2, 0) is 9.59 Å². The monoisotopic (exact) mass is 364 g/mol. The van der Waals surface area contributed by atoms with Crippen molar-refractivity contribution in [2.75, 3.05) is 26.0 Å². The fourth-order valence-corrected chi connectivity index (χ4v) is 2.72. The second-order valence-corrected chi connectivity index (χ2v) is 6.01. The van der Waals surface area contributed by atoms with Crippen LogP contribution in [0.1, 0.15) is 12.5 Å². The first-order valence-corrected chi connectivity index (χ1v) is 8.63. The summed E-state index contributed by atoms with van der Waals surface area (Å²) in [7, 11) is 1.57. The number of thioether (sulfide) groups is 1. The molecule has 2 N–H and O–H groups in total. The molecule has 1 aromatic heterocycles. The molecule has 0 aliphatic carbocycles. The molecule has 0 atom stereocenters. The van der Waals surface area contributed by atoms with Gasteiger partial charge in [-0.2, -0.15) is 4.68 Å². The Kier molecular flexibility index (Phi) is 6.75. The Morgan fingerprint density at radius 3 is 2.80 bits per heavy atom. The third-order valence-electron chi connectivity index (χ3n) is 3.16. The average Bonchev–Trinajstić information content (AvgIpc) is 3.06. The van der Waals surface area contributed by atoms with Gasteiger partial charge in [-0.25, -0.2) is 0 Å². The van der Waals surface area contributed by atoms with E-state index in [0.29, 0.717) is 23.1 Å². The van der Waals surface area contributed by atoms with Crippen LogP contribution in [-0.4, -0.2) is 58.0 Å². The van der Waals surface area contributed by atoms with Crippen LogP contribution < -0.4 is 15.4 Å². The second-order valence-electron chi connectivity index (χ2n) is 5.07. The number of aryl methyl sites for hydroxylation is 1. The lowest BCUT2D eigenvalue weighted by Gasteiger charge is -2.10. The van der Waals surface area contributed by atoms with Crippen LogP contribution in [0.3, 0.4) is 0 Å². The van der Waals surface area contributed by atoms with Crippen LogP contribution >= 0.6 is 11.8 Å². The standard InChI is InChI=1S/C15H20N6O3S/c1-4-16-13(22)8-17-14(23)9-25-15-18-19-20-21(15)11-7-10(2)5-6-12(11)24-3/h5-7H,4,8-9H2,1-3H3,(H,16,22)(H,17,23). The molecule has 1 aromatic carbocycles. The Hall–Kier alpha value is -2.62. The molecule has 25 heavy (non-hydrogen) atoms. The van der Waals surface area contributed by atoms with Crippen LogP contribution in [0, 0.1) is 6.92 Å². The lowest BCUT2D eigenvalue weighted by Crippen LogP contribution is -2.37. The largest absolute Gasteiger partial charge is 0.494 e. The minimum atomic E-state index is -0.276. The van der Waals surface area contributed by atoms with Crippen molar-refractivity contribution in [2.24, 2.45) is 0 Å². The van der Waals surface area contributed by atoms with E-state index < -0.39 is 0 Å². The van der Waals surface area contributed by atoms with Gasteiger partial charge >= 0.3 is 0 Å². The maximum absolute atomic E-state index is 11.9. The predicted octanol–water partition coefficient (Wildman–Crippen LogP) is 0.324. The summed E-state index contributed by atoms with van der Waals surface area (Å²) in [6, 6.07) is 5.66. The first-order valence-electron chi connectivity index (χ1n) is 7.64. The first kappa shape index (κ1) is 18.7. The van der Waals surface area contributed by atoms with E-state index in [-0.39, 0.29) is 24.1 Å². The SMILES string of the molecule is CCNC(=O)CNC(=O)CSc1nnnn1-c1cc(C)ccc1OC. The number of amides is 2. The number of aromatic nitrogens is 4. The summed E-state index contributed by atoms with van der Waals surface area (Å²) in [5, 5.41) is 17.2. The van der Waals surface area contributed by atoms with Gasteiger partial charge < -0.3 is 15.4 Å². The topological polar surface area (TPSA) is 111 Å². The van der Waals surface area contributed by atoms with E-state index in [9.17, 15) is 9.59 Å². The van der Waals surface area contributed by atoms with E-state index in [4.69, 9.17) is 4.74 Å². The number of benzene rings is 1. The second kappa shape index (κ2) is 9.02. The number of carbonyl (C=O) groups excluding carboxylic acids is 2. The van der Waals surface area contributed by atoms with Gasteiger partial charge in [-0.15, -0.1) is 5.10 Å². The molecule has 0 radical (unpaired) electrons. The van der Waals surface area contributed by atoms with Gasteiger partial charge in [-0.1, -0.05) is 17.8 Å². The fourth-order valence-electron chi connectivity index (χ4n) is 2.01. The molecule has 2 amide bonds. The molecule has 0 saturated carbocycles. The fraction of sp³-hybridized carbons (Fsp3) is 0.400. The predicted molar refractivity (Wildman–Crippen MR) is 92.9 cm³/mol. The van der Waals surface area contributed by atoms with Crippen molar-refractivity contribution in [2.45, 2.75) is 19.0 Å². The molecule has 2 rings (SSSR count). The van der Waals surface area contributed by atoms with Crippen molar-refractivity contribution in [3.63, 3.8) is 0 Å². The maximum Gasteiger partial charge on any atom is 0.239 e. The van der Waals surface area contributed by atoms with Crippen molar-refractivity contribution in [3.8, 4) is 11.4 Å². The van der Waals surface area contributed by atoms with Gasteiger partial charge in [0.05, 0.1) is 19.4 Å². The van der Waals surface area contributed by atoms with Crippen molar-refractivity contribution in [3.05, 3.63) is 23.8 Å². The Balaban J connectivity index is 2.02. The average molecular weight is 364 g/mol. The van der Waals surface area contributed by atoms with E-state index in [0.717, 1.165) is 5.56 Å². The molecule has 1 heterocycles. The number of rotatable bonds is 8. The Morgan fingerprint density at radius 1 is 1.28 bits per heavy atom. The molecule has 9 nitrogen and oxygen atoms in total. The van der Waals surface area contributed by atoms with Crippen LogP contribution in [0.25, 0.3) is 5.69 Å². The highest BCUT2D eigenvalue weighted by molar-refractivity contribution is 7.99. The number of tetrazole rings is 1. The number of methoxy groups -OCH3 is 1.